The molecule has 1 heterocycles. The Bertz CT molecular complexity index is 848. The predicted octanol–water partition coefficient (Wildman–Crippen LogP) is 4.24. The van der Waals surface area contributed by atoms with Gasteiger partial charge in [0.2, 0.25) is 0 Å². The fraction of sp³-hybridized carbons (Fsp3) is 0.333. The number of piperidine rings is 1. The molecule has 2 aromatic carbocycles. The number of carbonyl (C=O) groups excluding carboxylic acids is 2. The van der Waals surface area contributed by atoms with E-state index in [4.69, 9.17) is 4.74 Å². The number of benzene rings is 2. The van der Waals surface area contributed by atoms with Crippen molar-refractivity contribution >= 4 is 12.0 Å². The highest BCUT2D eigenvalue weighted by molar-refractivity contribution is 5.96. The molecule has 8 heteroatoms. The predicted molar refractivity (Wildman–Crippen MR) is 100 cm³/mol. The molecule has 0 aromatic heterocycles. The first-order valence-corrected chi connectivity index (χ1v) is 9.27. The van der Waals surface area contributed by atoms with Gasteiger partial charge >= 0.3 is 12.3 Å². The van der Waals surface area contributed by atoms with Gasteiger partial charge in [-0.3, -0.25) is 4.79 Å². The van der Waals surface area contributed by atoms with Crippen molar-refractivity contribution in [3.63, 3.8) is 0 Å². The molecule has 1 aliphatic rings. The molecule has 0 aliphatic carbocycles. The van der Waals surface area contributed by atoms with Crippen LogP contribution in [0.2, 0.25) is 0 Å². The molecule has 1 saturated heterocycles. The van der Waals surface area contributed by atoms with Gasteiger partial charge in [-0.1, -0.05) is 42.5 Å². The van der Waals surface area contributed by atoms with E-state index in [1.165, 1.54) is 17.0 Å². The van der Waals surface area contributed by atoms with Gasteiger partial charge in [-0.15, -0.1) is 0 Å². The maximum absolute atomic E-state index is 13.1. The molecule has 0 atom stereocenters. The van der Waals surface area contributed by atoms with Crippen LogP contribution >= 0.6 is 0 Å². The Kier molecular flexibility index (Phi) is 6.41. The van der Waals surface area contributed by atoms with E-state index in [2.05, 4.69) is 5.32 Å². The Hall–Kier alpha value is -3.03. The van der Waals surface area contributed by atoms with Crippen LogP contribution in [0.4, 0.5) is 18.0 Å². The number of carbonyl (C=O) groups is 2. The van der Waals surface area contributed by atoms with E-state index in [0.29, 0.717) is 25.9 Å². The normalized spacial score (nSPS) is 15.1. The maximum atomic E-state index is 13.1. The summed E-state index contributed by atoms with van der Waals surface area (Å²) in [6.45, 7) is 0.892. The zero-order valence-corrected chi connectivity index (χ0v) is 15.6. The number of hydrogen-bond donors (Lipinski definition) is 1. The van der Waals surface area contributed by atoms with Gasteiger partial charge in [0, 0.05) is 19.1 Å². The van der Waals surface area contributed by atoms with E-state index in [9.17, 15) is 22.8 Å². The first-order chi connectivity index (χ1) is 13.8. The van der Waals surface area contributed by atoms with E-state index in [0.717, 1.165) is 17.7 Å². The maximum Gasteiger partial charge on any atom is 0.417 e. The lowest BCUT2D eigenvalue weighted by Crippen LogP contribution is -2.46. The number of rotatable bonds is 4. The van der Waals surface area contributed by atoms with Gasteiger partial charge in [-0.2, -0.15) is 13.2 Å². The number of nitrogens with zero attached hydrogens (tertiary/aromatic N) is 1. The number of hydrogen-bond acceptors (Lipinski definition) is 3. The third kappa shape index (κ3) is 5.49. The highest BCUT2D eigenvalue weighted by Crippen LogP contribution is 2.31. The average molecular weight is 406 g/mol. The quantitative estimate of drug-likeness (QED) is 0.827. The highest BCUT2D eigenvalue weighted by atomic mass is 19.4. The van der Waals surface area contributed by atoms with Crippen LogP contribution in [0.25, 0.3) is 0 Å². The van der Waals surface area contributed by atoms with Gasteiger partial charge in [0.05, 0.1) is 11.1 Å². The highest BCUT2D eigenvalue weighted by Gasteiger charge is 2.35. The van der Waals surface area contributed by atoms with Crippen molar-refractivity contribution in [3.8, 4) is 0 Å². The summed E-state index contributed by atoms with van der Waals surface area (Å²) in [5.41, 5.74) is -0.476. The summed E-state index contributed by atoms with van der Waals surface area (Å²) in [6.07, 6.45) is -4.15. The fourth-order valence-corrected chi connectivity index (χ4v) is 3.21. The Morgan fingerprint density at radius 3 is 2.28 bits per heavy atom. The van der Waals surface area contributed by atoms with Crippen LogP contribution in [0.5, 0.6) is 0 Å². The van der Waals surface area contributed by atoms with Crippen LogP contribution in [0.15, 0.2) is 54.6 Å². The van der Waals surface area contributed by atoms with Crippen molar-refractivity contribution in [2.24, 2.45) is 0 Å². The van der Waals surface area contributed by atoms with E-state index in [-0.39, 0.29) is 12.6 Å². The molecule has 154 valence electrons. The first kappa shape index (κ1) is 20.7. The van der Waals surface area contributed by atoms with Gasteiger partial charge in [-0.25, -0.2) is 4.79 Å². The molecule has 1 aliphatic heterocycles. The number of amides is 2. The summed E-state index contributed by atoms with van der Waals surface area (Å²) in [6, 6.07) is 13.7. The summed E-state index contributed by atoms with van der Waals surface area (Å²) >= 11 is 0. The number of nitrogens with one attached hydrogen (secondary N) is 1. The number of alkyl halides is 3. The zero-order chi connectivity index (χ0) is 20.9. The summed E-state index contributed by atoms with van der Waals surface area (Å²) in [5.74, 6) is -0.761. The Balaban J connectivity index is 1.50. The van der Waals surface area contributed by atoms with E-state index in [1.807, 2.05) is 30.3 Å². The van der Waals surface area contributed by atoms with Crippen molar-refractivity contribution in [1.29, 1.82) is 0 Å². The minimum absolute atomic E-state index is 0.171. The van der Waals surface area contributed by atoms with Crippen molar-refractivity contribution in [2.75, 3.05) is 13.1 Å². The molecule has 29 heavy (non-hydrogen) atoms. The third-order valence-corrected chi connectivity index (χ3v) is 4.77. The summed E-state index contributed by atoms with van der Waals surface area (Å²) < 4.78 is 44.5. The molecule has 5 nitrogen and oxygen atoms in total. The van der Waals surface area contributed by atoms with Crippen LogP contribution in [0, 0.1) is 0 Å². The Morgan fingerprint density at radius 1 is 1.00 bits per heavy atom. The molecule has 2 aromatic rings. The molecule has 0 unspecified atom stereocenters. The van der Waals surface area contributed by atoms with Crippen molar-refractivity contribution < 1.29 is 27.5 Å². The van der Waals surface area contributed by atoms with Gasteiger partial charge in [0.25, 0.3) is 5.91 Å². The van der Waals surface area contributed by atoms with Crippen LogP contribution in [-0.4, -0.2) is 36.0 Å². The second kappa shape index (κ2) is 8.98. The van der Waals surface area contributed by atoms with Crippen molar-refractivity contribution in [3.05, 3.63) is 71.3 Å². The Labute approximate surface area is 166 Å². The smallest absolute Gasteiger partial charge is 0.417 e. The molecular weight excluding hydrogens is 385 g/mol. The lowest BCUT2D eigenvalue weighted by atomic mass is 10.0. The minimum Gasteiger partial charge on any atom is -0.445 e. The monoisotopic (exact) mass is 406 g/mol. The molecule has 1 fully saturated rings. The molecule has 1 N–H and O–H groups in total. The van der Waals surface area contributed by atoms with E-state index >= 15 is 0 Å². The summed E-state index contributed by atoms with van der Waals surface area (Å²) in [4.78, 5) is 26.0. The largest absolute Gasteiger partial charge is 0.445 e. The summed E-state index contributed by atoms with van der Waals surface area (Å²) in [7, 11) is 0. The van der Waals surface area contributed by atoms with Gasteiger partial charge in [0.1, 0.15) is 6.61 Å². The first-order valence-electron chi connectivity index (χ1n) is 9.27. The van der Waals surface area contributed by atoms with Crippen molar-refractivity contribution in [2.45, 2.75) is 31.7 Å². The minimum atomic E-state index is -4.60. The topological polar surface area (TPSA) is 58.6 Å². The molecule has 3 rings (SSSR count). The second-order valence-corrected chi connectivity index (χ2v) is 6.82. The lowest BCUT2D eigenvalue weighted by molar-refractivity contribution is -0.137. The Morgan fingerprint density at radius 2 is 1.62 bits per heavy atom. The number of ether oxygens (including phenoxy) is 1. The third-order valence-electron chi connectivity index (χ3n) is 4.77. The van der Waals surface area contributed by atoms with Gasteiger partial charge in [0.15, 0.2) is 0 Å². The van der Waals surface area contributed by atoms with Crippen molar-refractivity contribution in [1.82, 2.24) is 10.2 Å². The van der Waals surface area contributed by atoms with Gasteiger partial charge in [-0.05, 0) is 30.5 Å². The van der Waals surface area contributed by atoms with Gasteiger partial charge < -0.3 is 15.0 Å². The summed E-state index contributed by atoms with van der Waals surface area (Å²) in [5, 5.41) is 2.65. The standard InChI is InChI=1S/C21H21F3N2O3/c22-21(23,24)18-9-5-4-8-17(18)19(27)25-16-10-12-26(13-11-16)20(28)29-14-15-6-2-1-3-7-15/h1-9,16H,10-14H2,(H,25,27). The van der Waals surface area contributed by atoms with Crippen LogP contribution in [0.1, 0.15) is 34.3 Å². The molecule has 0 spiro atoms. The molecule has 0 saturated carbocycles. The van der Waals surface area contributed by atoms with Crippen LogP contribution in [0.3, 0.4) is 0 Å². The van der Waals surface area contributed by atoms with E-state index in [1.54, 1.807) is 0 Å². The average Bonchev–Trinajstić information content (AvgIpc) is 2.72. The van der Waals surface area contributed by atoms with Crippen LogP contribution < -0.4 is 5.32 Å². The zero-order valence-electron chi connectivity index (χ0n) is 15.6. The van der Waals surface area contributed by atoms with Crippen LogP contribution in [-0.2, 0) is 17.5 Å². The second-order valence-electron chi connectivity index (χ2n) is 6.82. The fourth-order valence-electron chi connectivity index (χ4n) is 3.21. The number of likely N-dealkylation sites (tertiary alicyclic amines) is 1. The molecule has 0 radical (unpaired) electrons. The molecule has 0 bridgehead atoms. The van der Waals surface area contributed by atoms with E-state index < -0.39 is 29.3 Å². The molecular formula is C21H21F3N2O3. The lowest BCUT2D eigenvalue weighted by Gasteiger charge is -2.31. The molecule has 2 amide bonds. The SMILES string of the molecule is O=C(NC1CCN(C(=O)OCc2ccccc2)CC1)c1ccccc1C(F)(F)F. The number of halogens is 3.